The molecule has 9 nitrogen and oxygen atoms in total. The van der Waals surface area contributed by atoms with Gasteiger partial charge in [0.1, 0.15) is 5.75 Å². The number of carbonyl (C=O) groups is 3. The molecule has 208 valence electrons. The van der Waals surface area contributed by atoms with E-state index in [1.54, 1.807) is 54.3 Å². The van der Waals surface area contributed by atoms with E-state index in [-0.39, 0.29) is 33.4 Å². The van der Waals surface area contributed by atoms with Crippen molar-refractivity contribution in [1.82, 2.24) is 9.78 Å². The third-order valence-electron chi connectivity index (χ3n) is 6.11. The number of amides is 1. The predicted molar refractivity (Wildman–Crippen MR) is 152 cm³/mol. The van der Waals surface area contributed by atoms with Gasteiger partial charge in [0.25, 0.3) is 0 Å². The Hall–Kier alpha value is -4.08. The molecule has 1 heterocycles. The molecule has 0 saturated carbocycles. The standard InChI is InChI=1S/C29H27Cl2N3O6/c1-38-20-14-15-24-21(16-20)28(40-29(37)27-22(30)6-5-7-23(27)31)33-34(24)17-18-10-12-19(13-11-18)32-25(35)8-3-4-9-26(36)39-2/h5-7,10-16H,3-4,8-9,17H2,1-2H3,(H,32,35). The minimum absolute atomic E-state index is 0.0533. The molecule has 0 saturated heterocycles. The van der Waals surface area contributed by atoms with Crippen molar-refractivity contribution in [3.8, 4) is 11.6 Å². The summed E-state index contributed by atoms with van der Waals surface area (Å²) >= 11 is 12.4. The SMILES string of the molecule is COC(=O)CCCCC(=O)Nc1ccc(Cn2nc(OC(=O)c3c(Cl)cccc3Cl)c3cc(OC)ccc32)cc1. The van der Waals surface area contributed by atoms with Gasteiger partial charge in [-0.2, -0.15) is 0 Å². The normalized spacial score (nSPS) is 10.8. The van der Waals surface area contributed by atoms with Crippen LogP contribution in [0.15, 0.2) is 60.7 Å². The summed E-state index contributed by atoms with van der Waals surface area (Å²) in [7, 11) is 2.89. The Bertz CT molecular complexity index is 1510. The molecule has 0 fully saturated rings. The first kappa shape index (κ1) is 28.9. The molecule has 0 atom stereocenters. The minimum atomic E-state index is -0.727. The number of carbonyl (C=O) groups excluding carboxylic acids is 3. The predicted octanol–water partition coefficient (Wildman–Crippen LogP) is 6.29. The zero-order chi connectivity index (χ0) is 28.6. The number of rotatable bonds is 11. The van der Waals surface area contributed by atoms with Crippen LogP contribution in [0.1, 0.15) is 41.6 Å². The fraction of sp³-hybridized carbons (Fsp3) is 0.241. The molecule has 3 aromatic carbocycles. The number of nitrogens with zero attached hydrogens (tertiary/aromatic N) is 2. The molecule has 4 rings (SSSR count). The molecule has 0 aliphatic heterocycles. The van der Waals surface area contributed by atoms with E-state index in [2.05, 4.69) is 15.2 Å². The molecule has 11 heteroatoms. The Balaban J connectivity index is 1.47. The summed E-state index contributed by atoms with van der Waals surface area (Å²) < 4.78 is 17.3. The molecule has 1 amide bonds. The van der Waals surface area contributed by atoms with Crippen LogP contribution in [-0.2, 0) is 20.9 Å². The van der Waals surface area contributed by atoms with Crippen LogP contribution in [0.3, 0.4) is 0 Å². The van der Waals surface area contributed by atoms with Crippen LogP contribution in [-0.4, -0.2) is 41.8 Å². The molecular formula is C29H27Cl2N3O6. The first-order chi connectivity index (χ1) is 19.3. The number of halogens is 2. The lowest BCUT2D eigenvalue weighted by atomic mass is 10.1. The van der Waals surface area contributed by atoms with Gasteiger partial charge in [0, 0.05) is 18.5 Å². The fourth-order valence-electron chi connectivity index (χ4n) is 4.03. The molecule has 4 aromatic rings. The molecule has 0 spiro atoms. The Morgan fingerprint density at radius 1 is 0.925 bits per heavy atom. The lowest BCUT2D eigenvalue weighted by Crippen LogP contribution is -2.12. The van der Waals surface area contributed by atoms with E-state index in [0.717, 1.165) is 11.1 Å². The number of ether oxygens (including phenoxy) is 3. The monoisotopic (exact) mass is 583 g/mol. The lowest BCUT2D eigenvalue weighted by molar-refractivity contribution is -0.140. The number of hydrogen-bond donors (Lipinski definition) is 1. The largest absolute Gasteiger partial charge is 0.497 e. The number of hydrogen-bond acceptors (Lipinski definition) is 7. The van der Waals surface area contributed by atoms with E-state index in [1.165, 1.54) is 7.11 Å². The number of anilines is 1. The maximum Gasteiger partial charge on any atom is 0.347 e. The summed E-state index contributed by atoms with van der Waals surface area (Å²) in [5, 5.41) is 8.32. The zero-order valence-electron chi connectivity index (χ0n) is 21.9. The third-order valence-corrected chi connectivity index (χ3v) is 6.74. The van der Waals surface area contributed by atoms with E-state index in [0.29, 0.717) is 49.1 Å². The van der Waals surface area contributed by atoms with Crippen LogP contribution in [0.4, 0.5) is 5.69 Å². The Morgan fingerprint density at radius 2 is 1.62 bits per heavy atom. The van der Waals surface area contributed by atoms with Gasteiger partial charge in [-0.25, -0.2) is 4.79 Å². The summed E-state index contributed by atoms with van der Waals surface area (Å²) in [4.78, 5) is 36.4. The van der Waals surface area contributed by atoms with Crippen LogP contribution in [0, 0.1) is 0 Å². The van der Waals surface area contributed by atoms with Gasteiger partial charge < -0.3 is 19.5 Å². The first-order valence-corrected chi connectivity index (χ1v) is 13.2. The van der Waals surface area contributed by atoms with Gasteiger partial charge in [-0.05, 0) is 60.9 Å². The topological polar surface area (TPSA) is 109 Å². The van der Waals surface area contributed by atoms with Crippen molar-refractivity contribution in [2.24, 2.45) is 0 Å². The van der Waals surface area contributed by atoms with Gasteiger partial charge in [-0.15, -0.1) is 5.10 Å². The van der Waals surface area contributed by atoms with Crippen LogP contribution in [0.5, 0.6) is 11.6 Å². The summed E-state index contributed by atoms with van der Waals surface area (Å²) in [6.07, 6.45) is 1.78. The van der Waals surface area contributed by atoms with Crippen molar-refractivity contribution in [3.05, 3.63) is 81.8 Å². The van der Waals surface area contributed by atoms with E-state index in [9.17, 15) is 14.4 Å². The number of aromatic nitrogens is 2. The summed E-state index contributed by atoms with van der Waals surface area (Å²) in [6, 6.07) is 17.5. The summed E-state index contributed by atoms with van der Waals surface area (Å²) in [6.45, 7) is 0.370. The van der Waals surface area contributed by atoms with Gasteiger partial charge in [-0.1, -0.05) is 41.4 Å². The maximum absolute atomic E-state index is 12.9. The molecule has 1 aromatic heterocycles. The highest BCUT2D eigenvalue weighted by atomic mass is 35.5. The second-order valence-electron chi connectivity index (χ2n) is 8.86. The van der Waals surface area contributed by atoms with E-state index < -0.39 is 5.97 Å². The number of benzene rings is 3. The Morgan fingerprint density at radius 3 is 2.30 bits per heavy atom. The maximum atomic E-state index is 12.9. The van der Waals surface area contributed by atoms with E-state index >= 15 is 0 Å². The molecule has 1 N–H and O–H groups in total. The van der Waals surface area contributed by atoms with Crippen molar-refractivity contribution in [3.63, 3.8) is 0 Å². The van der Waals surface area contributed by atoms with Crippen LogP contribution in [0.2, 0.25) is 10.0 Å². The quantitative estimate of drug-likeness (QED) is 0.163. The van der Waals surface area contributed by atoms with E-state index in [4.69, 9.17) is 32.7 Å². The lowest BCUT2D eigenvalue weighted by Gasteiger charge is -2.08. The minimum Gasteiger partial charge on any atom is -0.497 e. The molecule has 0 unspecified atom stereocenters. The van der Waals surface area contributed by atoms with Crippen LogP contribution >= 0.6 is 23.2 Å². The van der Waals surface area contributed by atoms with Crippen LogP contribution in [0.25, 0.3) is 10.9 Å². The molecule has 0 aliphatic carbocycles. The number of methoxy groups -OCH3 is 2. The average molecular weight is 584 g/mol. The van der Waals surface area contributed by atoms with Gasteiger partial charge in [-0.3, -0.25) is 14.3 Å². The second-order valence-corrected chi connectivity index (χ2v) is 9.67. The highest BCUT2D eigenvalue weighted by Gasteiger charge is 2.21. The Labute approximate surface area is 240 Å². The summed E-state index contributed by atoms with van der Waals surface area (Å²) in [5.41, 5.74) is 2.34. The molecule has 0 aliphatic rings. The van der Waals surface area contributed by atoms with E-state index in [1.807, 2.05) is 18.2 Å². The third kappa shape index (κ3) is 7.11. The zero-order valence-corrected chi connectivity index (χ0v) is 23.4. The van der Waals surface area contributed by atoms with Crippen molar-refractivity contribution in [1.29, 1.82) is 0 Å². The van der Waals surface area contributed by atoms with Gasteiger partial charge in [0.2, 0.25) is 11.8 Å². The van der Waals surface area contributed by atoms with Crippen molar-refractivity contribution in [2.75, 3.05) is 19.5 Å². The highest BCUT2D eigenvalue weighted by molar-refractivity contribution is 6.39. The second kappa shape index (κ2) is 13.3. The molecule has 0 radical (unpaired) electrons. The number of nitrogens with one attached hydrogen (secondary N) is 1. The number of fused-ring (bicyclic) bond motifs is 1. The van der Waals surface area contributed by atoms with Crippen LogP contribution < -0.4 is 14.8 Å². The van der Waals surface area contributed by atoms with Crippen molar-refractivity contribution in [2.45, 2.75) is 32.2 Å². The number of unbranched alkanes of at least 4 members (excludes halogenated alkanes) is 1. The molecule has 0 bridgehead atoms. The first-order valence-electron chi connectivity index (χ1n) is 12.5. The van der Waals surface area contributed by atoms with Gasteiger partial charge in [0.15, 0.2) is 0 Å². The van der Waals surface area contributed by atoms with Gasteiger partial charge >= 0.3 is 11.9 Å². The van der Waals surface area contributed by atoms with Crippen molar-refractivity contribution >= 4 is 57.6 Å². The molecule has 40 heavy (non-hydrogen) atoms. The number of esters is 2. The van der Waals surface area contributed by atoms with Crippen molar-refractivity contribution < 1.29 is 28.6 Å². The Kier molecular flexibility index (Phi) is 9.63. The van der Waals surface area contributed by atoms with Gasteiger partial charge in [0.05, 0.1) is 47.3 Å². The summed E-state index contributed by atoms with van der Waals surface area (Å²) in [5.74, 6) is -0.475. The highest BCUT2D eigenvalue weighted by Crippen LogP contribution is 2.32. The average Bonchev–Trinajstić information content (AvgIpc) is 3.27. The fourth-order valence-corrected chi connectivity index (χ4v) is 4.58. The molecular weight excluding hydrogens is 557 g/mol. The smallest absolute Gasteiger partial charge is 0.347 e.